The zero-order chi connectivity index (χ0) is 12.1. The van der Waals surface area contributed by atoms with Crippen LogP contribution in [0.4, 0.5) is 0 Å². The molecule has 2 rings (SSSR count). The summed E-state index contributed by atoms with van der Waals surface area (Å²) in [5, 5.41) is 3.36. The van der Waals surface area contributed by atoms with Crippen molar-refractivity contribution in [2.75, 3.05) is 13.1 Å². The molecule has 17 heavy (non-hydrogen) atoms. The van der Waals surface area contributed by atoms with Gasteiger partial charge < -0.3 is 15.8 Å². The van der Waals surface area contributed by atoms with Gasteiger partial charge in [-0.05, 0) is 50.4 Å². The summed E-state index contributed by atoms with van der Waals surface area (Å²) < 4.78 is 5.90. The smallest absolute Gasteiger partial charge is 0.213 e. The summed E-state index contributed by atoms with van der Waals surface area (Å²) in [6, 6.07) is 3.85. The van der Waals surface area contributed by atoms with E-state index in [0.29, 0.717) is 18.3 Å². The minimum atomic E-state index is 0.220. The van der Waals surface area contributed by atoms with Gasteiger partial charge in [0.15, 0.2) is 0 Å². The van der Waals surface area contributed by atoms with E-state index < -0.39 is 0 Å². The molecule has 0 bridgehead atoms. The first kappa shape index (κ1) is 12.3. The Morgan fingerprint density at radius 1 is 1.53 bits per heavy atom. The van der Waals surface area contributed by atoms with Crippen LogP contribution < -0.4 is 15.8 Å². The fourth-order valence-electron chi connectivity index (χ4n) is 2.24. The van der Waals surface area contributed by atoms with Crippen LogP contribution in [0.25, 0.3) is 0 Å². The summed E-state index contributed by atoms with van der Waals surface area (Å²) in [6.45, 7) is 4.84. The van der Waals surface area contributed by atoms with E-state index in [0.717, 1.165) is 18.7 Å². The molecule has 0 radical (unpaired) electrons. The molecule has 0 aromatic carbocycles. The van der Waals surface area contributed by atoms with Gasteiger partial charge in [-0.25, -0.2) is 4.98 Å². The molecule has 0 amide bonds. The second-order valence-corrected chi connectivity index (χ2v) is 4.62. The van der Waals surface area contributed by atoms with Crippen LogP contribution in [-0.4, -0.2) is 24.2 Å². The van der Waals surface area contributed by atoms with Gasteiger partial charge in [-0.1, -0.05) is 0 Å². The van der Waals surface area contributed by atoms with Gasteiger partial charge in [0.05, 0.1) is 0 Å². The Hall–Kier alpha value is -1.13. The molecule has 4 heteroatoms. The summed E-state index contributed by atoms with van der Waals surface area (Å²) in [7, 11) is 0. The Bertz CT molecular complexity index is 350. The topological polar surface area (TPSA) is 60.2 Å². The van der Waals surface area contributed by atoms with Gasteiger partial charge in [-0.3, -0.25) is 0 Å². The van der Waals surface area contributed by atoms with Gasteiger partial charge in [0.2, 0.25) is 5.88 Å². The first-order valence-corrected chi connectivity index (χ1v) is 6.32. The molecule has 1 fully saturated rings. The second-order valence-electron chi connectivity index (χ2n) is 4.62. The third-order valence-electron chi connectivity index (χ3n) is 3.39. The first-order valence-electron chi connectivity index (χ1n) is 6.32. The van der Waals surface area contributed by atoms with E-state index >= 15 is 0 Å². The molecule has 1 aromatic rings. The van der Waals surface area contributed by atoms with E-state index in [4.69, 9.17) is 10.5 Å². The molecule has 1 unspecified atom stereocenters. The standard InChI is InChI=1S/C13H21N3O/c1-10(12-3-5-15-6-4-12)17-13-8-11(9-14)2-7-16-13/h2,7-8,10,12,15H,3-6,9,14H2,1H3. The Morgan fingerprint density at radius 3 is 3.00 bits per heavy atom. The van der Waals surface area contributed by atoms with Crippen LogP contribution >= 0.6 is 0 Å². The summed E-state index contributed by atoms with van der Waals surface area (Å²) in [6.07, 6.45) is 4.33. The Labute approximate surface area is 103 Å². The van der Waals surface area contributed by atoms with Crippen molar-refractivity contribution in [1.82, 2.24) is 10.3 Å². The van der Waals surface area contributed by atoms with Crippen molar-refractivity contribution >= 4 is 0 Å². The van der Waals surface area contributed by atoms with Gasteiger partial charge >= 0.3 is 0 Å². The number of ether oxygens (including phenoxy) is 1. The minimum Gasteiger partial charge on any atom is -0.474 e. The molecule has 3 N–H and O–H groups in total. The molecule has 2 heterocycles. The average Bonchev–Trinajstić information content (AvgIpc) is 2.40. The highest BCUT2D eigenvalue weighted by Gasteiger charge is 2.21. The highest BCUT2D eigenvalue weighted by Crippen LogP contribution is 2.21. The van der Waals surface area contributed by atoms with Crippen LogP contribution in [-0.2, 0) is 6.54 Å². The van der Waals surface area contributed by atoms with Crippen LogP contribution in [0.1, 0.15) is 25.3 Å². The van der Waals surface area contributed by atoms with Crippen molar-refractivity contribution in [2.24, 2.45) is 11.7 Å². The van der Waals surface area contributed by atoms with Crippen molar-refractivity contribution in [1.29, 1.82) is 0 Å². The number of nitrogens with zero attached hydrogens (tertiary/aromatic N) is 1. The zero-order valence-electron chi connectivity index (χ0n) is 10.4. The molecular formula is C13H21N3O. The molecule has 1 aliphatic heterocycles. The molecule has 1 aromatic heterocycles. The van der Waals surface area contributed by atoms with Crippen molar-refractivity contribution in [3.05, 3.63) is 23.9 Å². The molecular weight excluding hydrogens is 214 g/mol. The SMILES string of the molecule is CC(Oc1cc(CN)ccn1)C1CCNCC1. The molecule has 1 saturated heterocycles. The molecule has 4 nitrogen and oxygen atoms in total. The lowest BCUT2D eigenvalue weighted by molar-refractivity contribution is 0.123. The normalized spacial score (nSPS) is 18.9. The Kier molecular flexibility index (Phi) is 4.34. The van der Waals surface area contributed by atoms with Gasteiger partial charge in [-0.15, -0.1) is 0 Å². The second kappa shape index (κ2) is 5.98. The van der Waals surface area contributed by atoms with E-state index in [1.54, 1.807) is 6.20 Å². The van der Waals surface area contributed by atoms with Crippen LogP contribution in [0.3, 0.4) is 0 Å². The Morgan fingerprint density at radius 2 is 2.29 bits per heavy atom. The third kappa shape index (κ3) is 3.41. The number of hydrogen-bond donors (Lipinski definition) is 2. The van der Waals surface area contributed by atoms with E-state index in [9.17, 15) is 0 Å². The molecule has 0 spiro atoms. The van der Waals surface area contributed by atoms with Crippen molar-refractivity contribution < 1.29 is 4.74 Å². The van der Waals surface area contributed by atoms with E-state index in [1.165, 1.54) is 12.8 Å². The van der Waals surface area contributed by atoms with Crippen molar-refractivity contribution in [2.45, 2.75) is 32.4 Å². The highest BCUT2D eigenvalue weighted by molar-refractivity contribution is 5.20. The van der Waals surface area contributed by atoms with Gasteiger partial charge in [-0.2, -0.15) is 0 Å². The van der Waals surface area contributed by atoms with Crippen LogP contribution in [0.15, 0.2) is 18.3 Å². The highest BCUT2D eigenvalue weighted by atomic mass is 16.5. The summed E-state index contributed by atoms with van der Waals surface area (Å²) in [4.78, 5) is 4.23. The van der Waals surface area contributed by atoms with Gasteiger partial charge in [0, 0.05) is 18.8 Å². The predicted octanol–water partition coefficient (Wildman–Crippen LogP) is 1.31. The van der Waals surface area contributed by atoms with E-state index in [1.807, 2.05) is 12.1 Å². The molecule has 0 aliphatic carbocycles. The lowest BCUT2D eigenvalue weighted by Gasteiger charge is -2.28. The van der Waals surface area contributed by atoms with Crippen LogP contribution in [0, 0.1) is 5.92 Å². The fraction of sp³-hybridized carbons (Fsp3) is 0.615. The number of nitrogens with two attached hydrogens (primary N) is 1. The maximum Gasteiger partial charge on any atom is 0.213 e. The summed E-state index contributed by atoms with van der Waals surface area (Å²) >= 11 is 0. The largest absolute Gasteiger partial charge is 0.474 e. The number of piperidine rings is 1. The average molecular weight is 235 g/mol. The lowest BCUT2D eigenvalue weighted by atomic mass is 9.93. The maximum atomic E-state index is 5.90. The molecule has 94 valence electrons. The quantitative estimate of drug-likeness (QED) is 0.826. The van der Waals surface area contributed by atoms with Crippen LogP contribution in [0.2, 0.25) is 0 Å². The zero-order valence-corrected chi connectivity index (χ0v) is 10.4. The Balaban J connectivity index is 1.94. The number of hydrogen-bond acceptors (Lipinski definition) is 4. The third-order valence-corrected chi connectivity index (χ3v) is 3.39. The van der Waals surface area contributed by atoms with E-state index in [-0.39, 0.29) is 6.10 Å². The van der Waals surface area contributed by atoms with E-state index in [2.05, 4.69) is 17.2 Å². The maximum absolute atomic E-state index is 5.90. The van der Waals surface area contributed by atoms with Gasteiger partial charge in [0.25, 0.3) is 0 Å². The first-order chi connectivity index (χ1) is 8.29. The molecule has 1 atom stereocenters. The summed E-state index contributed by atoms with van der Waals surface area (Å²) in [5.74, 6) is 1.32. The predicted molar refractivity (Wildman–Crippen MR) is 67.8 cm³/mol. The van der Waals surface area contributed by atoms with Crippen molar-refractivity contribution in [3.63, 3.8) is 0 Å². The van der Waals surface area contributed by atoms with Crippen LogP contribution in [0.5, 0.6) is 5.88 Å². The fourth-order valence-corrected chi connectivity index (χ4v) is 2.24. The number of pyridine rings is 1. The summed E-state index contributed by atoms with van der Waals surface area (Å²) in [5.41, 5.74) is 6.66. The number of rotatable bonds is 4. The van der Waals surface area contributed by atoms with Gasteiger partial charge in [0.1, 0.15) is 6.10 Å². The van der Waals surface area contributed by atoms with Crippen molar-refractivity contribution in [3.8, 4) is 5.88 Å². The monoisotopic (exact) mass is 235 g/mol. The minimum absolute atomic E-state index is 0.220. The number of aromatic nitrogens is 1. The number of nitrogens with one attached hydrogen (secondary N) is 1. The molecule has 0 saturated carbocycles. The lowest BCUT2D eigenvalue weighted by Crippen LogP contribution is -2.35. The molecule has 1 aliphatic rings.